The van der Waals surface area contributed by atoms with Crippen molar-refractivity contribution in [1.29, 1.82) is 5.26 Å². The second-order valence-corrected chi connectivity index (χ2v) is 5.49. The normalized spacial score (nSPS) is 11.0. The zero-order valence-corrected chi connectivity index (χ0v) is 13.5. The van der Waals surface area contributed by atoms with Gasteiger partial charge in [0.25, 0.3) is 0 Å². The van der Waals surface area contributed by atoms with Gasteiger partial charge in [0, 0.05) is 5.56 Å². The van der Waals surface area contributed by atoms with Gasteiger partial charge < -0.3 is 4.74 Å². The molecule has 3 rings (SSSR count). The first-order chi connectivity index (χ1) is 12.3. The zero-order valence-electron chi connectivity index (χ0n) is 13.5. The predicted octanol–water partition coefficient (Wildman–Crippen LogP) is 5.47. The largest absolute Gasteiger partial charge is 0.488 e. The summed E-state index contributed by atoms with van der Waals surface area (Å²) in [5, 5.41) is 9.45. The van der Waals surface area contributed by atoms with Crippen LogP contribution in [0, 0.1) is 17.1 Å². The second kappa shape index (κ2) is 7.94. The molecule has 0 radical (unpaired) electrons. The molecule has 0 heterocycles. The molecule has 3 heteroatoms. The molecule has 0 aliphatic carbocycles. The van der Waals surface area contributed by atoms with Gasteiger partial charge in [0.15, 0.2) is 0 Å². The van der Waals surface area contributed by atoms with Gasteiger partial charge in [-0.2, -0.15) is 5.26 Å². The highest BCUT2D eigenvalue weighted by atomic mass is 19.1. The van der Waals surface area contributed by atoms with Crippen LogP contribution in [0.3, 0.4) is 0 Å². The van der Waals surface area contributed by atoms with Gasteiger partial charge in [-0.15, -0.1) is 0 Å². The average molecular weight is 329 g/mol. The molecule has 0 saturated carbocycles. The molecule has 0 N–H and O–H groups in total. The van der Waals surface area contributed by atoms with Crippen molar-refractivity contribution in [2.45, 2.75) is 6.61 Å². The van der Waals surface area contributed by atoms with Crippen LogP contribution in [0.2, 0.25) is 0 Å². The van der Waals surface area contributed by atoms with Crippen LogP contribution in [0.15, 0.2) is 78.9 Å². The Bertz CT molecular complexity index is 926. The topological polar surface area (TPSA) is 33.0 Å². The van der Waals surface area contributed by atoms with Crippen LogP contribution in [0.1, 0.15) is 16.7 Å². The maximum Gasteiger partial charge on any atom is 0.127 e. The minimum Gasteiger partial charge on any atom is -0.488 e. The number of allylic oxidation sites excluding steroid dienone is 1. The summed E-state index contributed by atoms with van der Waals surface area (Å²) in [6, 6.07) is 25.5. The van der Waals surface area contributed by atoms with E-state index in [-0.39, 0.29) is 5.82 Å². The molecule has 0 aliphatic heterocycles. The molecule has 0 saturated heterocycles. The molecule has 3 aromatic carbocycles. The molecular weight excluding hydrogens is 313 g/mol. The Balaban J connectivity index is 1.88. The lowest BCUT2D eigenvalue weighted by Crippen LogP contribution is -1.96. The molecular formula is C22H16FNO. The summed E-state index contributed by atoms with van der Waals surface area (Å²) in [5.41, 5.74) is 2.77. The third kappa shape index (κ3) is 4.33. The third-order valence-electron chi connectivity index (χ3n) is 3.71. The highest BCUT2D eigenvalue weighted by molar-refractivity contribution is 5.90. The Morgan fingerprint density at radius 3 is 2.48 bits per heavy atom. The van der Waals surface area contributed by atoms with E-state index < -0.39 is 0 Å². The minimum atomic E-state index is -0.368. The summed E-state index contributed by atoms with van der Waals surface area (Å²) >= 11 is 0. The highest BCUT2D eigenvalue weighted by Crippen LogP contribution is 2.25. The number of para-hydroxylation sites is 1. The molecule has 122 valence electrons. The Labute approximate surface area is 146 Å². The first-order valence-electron chi connectivity index (χ1n) is 7.90. The van der Waals surface area contributed by atoms with Crippen LogP contribution in [-0.4, -0.2) is 0 Å². The number of halogens is 1. The Morgan fingerprint density at radius 2 is 1.72 bits per heavy atom. The summed E-state index contributed by atoms with van der Waals surface area (Å²) in [4.78, 5) is 0. The quantitative estimate of drug-likeness (QED) is 0.459. The lowest BCUT2D eigenvalue weighted by atomic mass is 10.0. The first kappa shape index (κ1) is 16.5. The van der Waals surface area contributed by atoms with Crippen molar-refractivity contribution in [2.75, 3.05) is 0 Å². The fourth-order valence-electron chi connectivity index (χ4n) is 2.46. The van der Waals surface area contributed by atoms with E-state index in [9.17, 15) is 9.65 Å². The third-order valence-corrected chi connectivity index (χ3v) is 3.71. The molecule has 0 amide bonds. The summed E-state index contributed by atoms with van der Waals surface area (Å²) in [6.45, 7) is 0.438. The van der Waals surface area contributed by atoms with Crippen molar-refractivity contribution in [1.82, 2.24) is 0 Å². The van der Waals surface area contributed by atoms with Crippen molar-refractivity contribution in [3.63, 3.8) is 0 Å². The molecule has 25 heavy (non-hydrogen) atoms. The molecule has 0 aliphatic rings. The number of benzene rings is 3. The fourth-order valence-corrected chi connectivity index (χ4v) is 2.46. The molecule has 0 bridgehead atoms. The minimum absolute atomic E-state index is 0.368. The van der Waals surface area contributed by atoms with Crippen LogP contribution in [0.4, 0.5) is 4.39 Å². The summed E-state index contributed by atoms with van der Waals surface area (Å²) < 4.78 is 19.3. The summed E-state index contributed by atoms with van der Waals surface area (Å²) in [5.74, 6) is 0.308. The summed E-state index contributed by atoms with van der Waals surface area (Å²) in [7, 11) is 0. The zero-order chi connectivity index (χ0) is 17.5. The molecule has 3 aromatic rings. The number of rotatable bonds is 5. The van der Waals surface area contributed by atoms with E-state index in [2.05, 4.69) is 6.07 Å². The van der Waals surface area contributed by atoms with Crippen LogP contribution >= 0.6 is 0 Å². The SMILES string of the molecule is N#C/C(=C/c1ccccc1OCc1ccccc1)c1cccc(F)c1. The number of nitriles is 1. The molecule has 0 fully saturated rings. The van der Waals surface area contributed by atoms with Crippen LogP contribution in [0.5, 0.6) is 5.75 Å². The lowest BCUT2D eigenvalue weighted by molar-refractivity contribution is 0.305. The maximum atomic E-state index is 13.4. The van der Waals surface area contributed by atoms with E-state index in [4.69, 9.17) is 4.74 Å². The average Bonchev–Trinajstić information content (AvgIpc) is 2.66. The van der Waals surface area contributed by atoms with E-state index in [1.807, 2.05) is 54.6 Å². The molecule has 0 atom stereocenters. The van der Waals surface area contributed by atoms with Gasteiger partial charge in [0.05, 0.1) is 11.6 Å². The fraction of sp³-hybridized carbons (Fsp3) is 0.0455. The van der Waals surface area contributed by atoms with Crippen LogP contribution in [-0.2, 0) is 6.61 Å². The molecule has 2 nitrogen and oxygen atoms in total. The van der Waals surface area contributed by atoms with Gasteiger partial charge in [-0.3, -0.25) is 0 Å². The van der Waals surface area contributed by atoms with E-state index in [0.29, 0.717) is 23.5 Å². The van der Waals surface area contributed by atoms with Crippen LogP contribution in [0.25, 0.3) is 11.6 Å². The standard InChI is InChI=1S/C22H16FNO/c23-21-11-6-10-18(14-21)20(15-24)13-19-9-4-5-12-22(19)25-16-17-7-2-1-3-8-17/h1-14H,16H2/b20-13-. The number of hydrogen-bond acceptors (Lipinski definition) is 2. The van der Waals surface area contributed by atoms with Gasteiger partial charge in [-0.05, 0) is 35.4 Å². The monoisotopic (exact) mass is 329 g/mol. The summed E-state index contributed by atoms with van der Waals surface area (Å²) in [6.07, 6.45) is 1.72. The lowest BCUT2D eigenvalue weighted by Gasteiger charge is -2.10. The Hall–Kier alpha value is -3.38. The number of ether oxygens (including phenoxy) is 1. The second-order valence-electron chi connectivity index (χ2n) is 5.49. The first-order valence-corrected chi connectivity index (χ1v) is 7.90. The van der Waals surface area contributed by atoms with Gasteiger partial charge >= 0.3 is 0 Å². The van der Waals surface area contributed by atoms with Crippen molar-refractivity contribution in [2.24, 2.45) is 0 Å². The molecule has 0 aromatic heterocycles. The predicted molar refractivity (Wildman–Crippen MR) is 97.1 cm³/mol. The smallest absolute Gasteiger partial charge is 0.127 e. The Morgan fingerprint density at radius 1 is 0.960 bits per heavy atom. The van der Waals surface area contributed by atoms with Crippen molar-refractivity contribution < 1.29 is 9.13 Å². The van der Waals surface area contributed by atoms with Gasteiger partial charge in [-0.25, -0.2) is 4.39 Å². The number of hydrogen-bond donors (Lipinski definition) is 0. The van der Waals surface area contributed by atoms with E-state index in [1.54, 1.807) is 18.2 Å². The van der Waals surface area contributed by atoms with Gasteiger partial charge in [0.1, 0.15) is 18.2 Å². The van der Waals surface area contributed by atoms with E-state index in [0.717, 1.165) is 11.1 Å². The molecule has 0 unspecified atom stereocenters. The molecule has 0 spiro atoms. The van der Waals surface area contributed by atoms with Crippen LogP contribution < -0.4 is 4.74 Å². The van der Waals surface area contributed by atoms with Gasteiger partial charge in [-0.1, -0.05) is 60.7 Å². The van der Waals surface area contributed by atoms with E-state index >= 15 is 0 Å². The van der Waals surface area contributed by atoms with Crippen molar-refractivity contribution in [3.8, 4) is 11.8 Å². The highest BCUT2D eigenvalue weighted by Gasteiger charge is 2.06. The number of nitrogens with zero attached hydrogens (tertiary/aromatic N) is 1. The Kier molecular flexibility index (Phi) is 5.23. The van der Waals surface area contributed by atoms with Crippen molar-refractivity contribution in [3.05, 3.63) is 101 Å². The van der Waals surface area contributed by atoms with Gasteiger partial charge in [0.2, 0.25) is 0 Å². The van der Waals surface area contributed by atoms with Crippen molar-refractivity contribution >= 4 is 11.6 Å². The maximum absolute atomic E-state index is 13.4. The van der Waals surface area contributed by atoms with E-state index in [1.165, 1.54) is 12.1 Å².